The fraction of sp³-hybridized carbons (Fsp3) is 0.360. The van der Waals surface area contributed by atoms with Crippen molar-refractivity contribution < 1.29 is 23.4 Å². The van der Waals surface area contributed by atoms with E-state index < -0.39 is 17.6 Å². The lowest BCUT2D eigenvalue weighted by atomic mass is 9.86. The van der Waals surface area contributed by atoms with Crippen LogP contribution < -0.4 is 0 Å². The third-order valence-corrected chi connectivity index (χ3v) is 6.65. The molecular weight excluding hydrogens is 428 g/mol. The predicted molar refractivity (Wildman–Crippen MR) is 121 cm³/mol. The van der Waals surface area contributed by atoms with Gasteiger partial charge in [0.2, 0.25) is 0 Å². The van der Waals surface area contributed by atoms with Gasteiger partial charge in [0, 0.05) is 47.4 Å². The molecular formula is C25H25F2N3O3. The fourth-order valence-corrected chi connectivity index (χ4v) is 4.53. The van der Waals surface area contributed by atoms with Crippen LogP contribution in [-0.2, 0) is 9.53 Å². The average molecular weight is 453 g/mol. The van der Waals surface area contributed by atoms with Gasteiger partial charge in [0.1, 0.15) is 0 Å². The van der Waals surface area contributed by atoms with Crippen LogP contribution in [-0.4, -0.2) is 39.1 Å². The van der Waals surface area contributed by atoms with Crippen molar-refractivity contribution in [1.29, 1.82) is 0 Å². The number of nitrogens with zero attached hydrogens (tertiary/aromatic N) is 2. The number of hydrogen-bond acceptors (Lipinski definition) is 3. The number of nitrogens with one attached hydrogen (secondary N) is 1. The first-order chi connectivity index (χ1) is 16.0. The Bertz CT molecular complexity index is 1300. The third kappa shape index (κ3) is 4.23. The van der Waals surface area contributed by atoms with E-state index in [2.05, 4.69) is 22.3 Å². The number of aromatic amines is 1. The number of aromatic nitrogens is 3. The third-order valence-electron chi connectivity index (χ3n) is 6.65. The van der Waals surface area contributed by atoms with Gasteiger partial charge in [-0.15, -0.1) is 0 Å². The number of carboxylic acid groups (broad SMARTS) is 1. The van der Waals surface area contributed by atoms with E-state index in [9.17, 15) is 13.6 Å². The van der Waals surface area contributed by atoms with Gasteiger partial charge in [-0.25, -0.2) is 8.78 Å². The minimum atomic E-state index is -0.841. The molecule has 0 radical (unpaired) electrons. The van der Waals surface area contributed by atoms with Crippen LogP contribution in [0.5, 0.6) is 0 Å². The highest BCUT2D eigenvalue weighted by Crippen LogP contribution is 2.36. The summed E-state index contributed by atoms with van der Waals surface area (Å²) in [6.45, 7) is 1.43. The highest BCUT2D eigenvalue weighted by Gasteiger charge is 2.24. The largest absolute Gasteiger partial charge is 0.481 e. The lowest BCUT2D eigenvalue weighted by Gasteiger charge is -2.24. The number of benzene rings is 2. The van der Waals surface area contributed by atoms with Crippen molar-refractivity contribution in [3.05, 3.63) is 59.9 Å². The maximum absolute atomic E-state index is 13.9. The molecule has 172 valence electrons. The van der Waals surface area contributed by atoms with Gasteiger partial charge in [-0.05, 0) is 56.0 Å². The van der Waals surface area contributed by atoms with E-state index in [-0.39, 0.29) is 5.92 Å². The number of fused-ring (bicyclic) bond motifs is 2. The quantitative estimate of drug-likeness (QED) is 0.426. The summed E-state index contributed by atoms with van der Waals surface area (Å²) in [6, 6.07) is 10.3. The summed E-state index contributed by atoms with van der Waals surface area (Å²) in [4.78, 5) is 9.98. The molecule has 4 aromatic rings. The van der Waals surface area contributed by atoms with Crippen LogP contribution in [0.2, 0.25) is 0 Å². The van der Waals surface area contributed by atoms with Gasteiger partial charge in [0.15, 0.2) is 11.6 Å². The zero-order valence-corrected chi connectivity index (χ0v) is 18.1. The van der Waals surface area contributed by atoms with Crippen LogP contribution in [0.3, 0.4) is 0 Å². The topological polar surface area (TPSA) is 80.1 Å². The Morgan fingerprint density at radius 3 is 2.45 bits per heavy atom. The zero-order chi connectivity index (χ0) is 22.9. The number of rotatable bonds is 3. The fourth-order valence-electron chi connectivity index (χ4n) is 4.53. The molecule has 1 saturated heterocycles. The lowest BCUT2D eigenvalue weighted by molar-refractivity contribution is -0.144. The molecule has 6 nitrogen and oxygen atoms in total. The maximum atomic E-state index is 13.9. The summed E-state index contributed by atoms with van der Waals surface area (Å²) in [5.74, 6) is -1.98. The normalized spacial score (nSPS) is 17.0. The van der Waals surface area contributed by atoms with E-state index in [1.807, 2.05) is 10.6 Å². The highest BCUT2D eigenvalue weighted by atomic mass is 19.2. The van der Waals surface area contributed by atoms with Crippen molar-refractivity contribution in [2.24, 2.45) is 5.92 Å². The van der Waals surface area contributed by atoms with Gasteiger partial charge in [-0.2, -0.15) is 5.10 Å². The summed E-state index contributed by atoms with van der Waals surface area (Å²) >= 11 is 0. The number of aliphatic carboxylic acids is 1. The number of ether oxygens (including phenoxy) is 1. The van der Waals surface area contributed by atoms with Crippen LogP contribution in [0.25, 0.3) is 27.5 Å². The van der Waals surface area contributed by atoms with Crippen LogP contribution in [0, 0.1) is 17.6 Å². The minimum absolute atomic E-state index is 0.000000000000000444. The molecule has 1 aliphatic carbocycles. The Hall–Kier alpha value is -3.26. The number of H-pyrrole nitrogens is 1. The molecule has 2 N–H and O–H groups in total. The number of halogens is 2. The molecule has 0 unspecified atom stereocenters. The summed E-state index contributed by atoms with van der Waals surface area (Å²) in [7, 11) is 0. The molecule has 0 spiro atoms. The van der Waals surface area contributed by atoms with E-state index >= 15 is 0 Å². The molecule has 6 rings (SSSR count). The number of carboxylic acids is 1. The summed E-state index contributed by atoms with van der Waals surface area (Å²) in [5.41, 5.74) is 3.66. The monoisotopic (exact) mass is 453 g/mol. The smallest absolute Gasteiger partial charge is 0.306 e. The van der Waals surface area contributed by atoms with Crippen molar-refractivity contribution in [1.82, 2.24) is 14.8 Å². The second-order valence-corrected chi connectivity index (χ2v) is 8.72. The van der Waals surface area contributed by atoms with Crippen molar-refractivity contribution in [2.75, 3.05) is 13.2 Å². The predicted octanol–water partition coefficient (Wildman–Crippen LogP) is 5.55. The second-order valence-electron chi connectivity index (χ2n) is 8.72. The molecule has 8 heteroatoms. The lowest BCUT2D eigenvalue weighted by Crippen LogP contribution is -2.20. The molecule has 0 amide bonds. The van der Waals surface area contributed by atoms with Crippen molar-refractivity contribution in [3.63, 3.8) is 0 Å². The first kappa shape index (κ1) is 21.6. The average Bonchev–Trinajstić information content (AvgIpc) is 3.37. The highest BCUT2D eigenvalue weighted by molar-refractivity contribution is 5.96. The molecule has 0 atom stereocenters. The Balaban J connectivity index is 0.000000281. The van der Waals surface area contributed by atoms with E-state index in [1.165, 1.54) is 12.1 Å². The van der Waals surface area contributed by atoms with Crippen molar-refractivity contribution in [2.45, 2.75) is 38.0 Å². The molecule has 2 aromatic carbocycles. The maximum Gasteiger partial charge on any atom is 0.306 e. The van der Waals surface area contributed by atoms with Gasteiger partial charge < -0.3 is 14.4 Å². The van der Waals surface area contributed by atoms with Crippen LogP contribution in [0.15, 0.2) is 42.6 Å². The first-order valence-corrected chi connectivity index (χ1v) is 11.3. The SMILES string of the molecule is Fc1ccc(-n2c(C3CCOCC3)cc3cc4[nH]ncc4cc32)cc1F.O=C(O)C1CCC1. The summed E-state index contributed by atoms with van der Waals surface area (Å²) in [6.07, 6.45) is 6.51. The Labute approximate surface area is 189 Å². The van der Waals surface area contributed by atoms with E-state index in [0.29, 0.717) is 24.8 Å². The van der Waals surface area contributed by atoms with E-state index in [4.69, 9.17) is 9.84 Å². The van der Waals surface area contributed by atoms with Gasteiger partial charge in [0.25, 0.3) is 0 Å². The molecule has 1 aliphatic heterocycles. The van der Waals surface area contributed by atoms with Crippen LogP contribution >= 0.6 is 0 Å². The second kappa shape index (κ2) is 8.94. The molecule has 0 bridgehead atoms. The molecule has 2 aliphatic rings. The van der Waals surface area contributed by atoms with Crippen LogP contribution in [0.4, 0.5) is 8.78 Å². The standard InChI is InChI=1S/C20H17F2N3O.C5H8O2/c21-16-2-1-15(10-17(16)22)25-19(12-3-5-26-6-4-12)8-13-7-18-14(9-20(13)25)11-23-24-18;6-5(7)4-2-1-3-4/h1-2,7-12H,3-6H2,(H,23,24);4H,1-3H2,(H,6,7). The van der Waals surface area contributed by atoms with Crippen molar-refractivity contribution >= 4 is 27.8 Å². The molecule has 3 heterocycles. The zero-order valence-electron chi connectivity index (χ0n) is 18.1. The minimum Gasteiger partial charge on any atom is -0.481 e. The van der Waals surface area contributed by atoms with E-state index in [1.54, 1.807) is 12.3 Å². The van der Waals surface area contributed by atoms with Crippen molar-refractivity contribution in [3.8, 4) is 5.69 Å². The molecule has 2 aromatic heterocycles. The number of hydrogen-bond donors (Lipinski definition) is 2. The van der Waals surface area contributed by atoms with Gasteiger partial charge in [-0.1, -0.05) is 6.42 Å². The summed E-state index contributed by atoms with van der Waals surface area (Å²) < 4.78 is 34.9. The molecule has 1 saturated carbocycles. The summed E-state index contributed by atoms with van der Waals surface area (Å²) in [5, 5.41) is 17.3. The van der Waals surface area contributed by atoms with Crippen LogP contribution in [0.1, 0.15) is 43.7 Å². The Kier molecular flexibility index (Phi) is 5.85. The first-order valence-electron chi connectivity index (χ1n) is 11.3. The van der Waals surface area contributed by atoms with Gasteiger partial charge in [0.05, 0.1) is 23.1 Å². The van der Waals surface area contributed by atoms with Gasteiger partial charge in [-0.3, -0.25) is 9.89 Å². The van der Waals surface area contributed by atoms with Gasteiger partial charge >= 0.3 is 5.97 Å². The molecule has 33 heavy (non-hydrogen) atoms. The van der Waals surface area contributed by atoms with E-state index in [0.717, 1.165) is 59.6 Å². The molecule has 2 fully saturated rings. The Morgan fingerprint density at radius 2 is 1.82 bits per heavy atom. The Morgan fingerprint density at radius 1 is 1.03 bits per heavy atom. The number of carbonyl (C=O) groups is 1.